The summed E-state index contributed by atoms with van der Waals surface area (Å²) in [6.07, 6.45) is 0. The van der Waals surface area contributed by atoms with Crippen molar-refractivity contribution in [2.75, 3.05) is 5.75 Å². The molecule has 0 aliphatic heterocycles. The van der Waals surface area contributed by atoms with Crippen LogP contribution in [0.5, 0.6) is 0 Å². The summed E-state index contributed by atoms with van der Waals surface area (Å²) in [5.74, 6) is 5.93. The largest absolute Gasteiger partial charge is 0.271 e. The van der Waals surface area contributed by atoms with E-state index in [0.717, 1.165) is 4.90 Å². The van der Waals surface area contributed by atoms with Crippen LogP contribution in [0.15, 0.2) is 47.4 Å². The van der Waals surface area contributed by atoms with Gasteiger partial charge in [0.15, 0.2) is 0 Å². The second-order valence-electron chi connectivity index (χ2n) is 4.51. The summed E-state index contributed by atoms with van der Waals surface area (Å²) >= 11 is 7.76. The normalized spacial score (nSPS) is 12.4. The van der Waals surface area contributed by atoms with Crippen LogP contribution in [0.3, 0.4) is 0 Å². The Hall–Kier alpha value is -1.07. The minimum absolute atomic E-state index is 0.205. The van der Waals surface area contributed by atoms with Crippen molar-refractivity contribution >= 4 is 23.4 Å². The third-order valence-electron chi connectivity index (χ3n) is 2.94. The zero-order valence-corrected chi connectivity index (χ0v) is 12.6. The standard InChI is InChI=1S/C15H16ClFN2S/c1-10-3-2-4-12(7-10)20-9-15(19-18)13-8-11(17)5-6-14(13)16/h2-8,15,19H,9,18H2,1H3. The third kappa shape index (κ3) is 3.96. The first-order chi connectivity index (χ1) is 9.60. The summed E-state index contributed by atoms with van der Waals surface area (Å²) < 4.78 is 13.3. The van der Waals surface area contributed by atoms with E-state index < -0.39 is 0 Å². The number of rotatable bonds is 5. The van der Waals surface area contributed by atoms with Crippen molar-refractivity contribution in [1.82, 2.24) is 5.43 Å². The van der Waals surface area contributed by atoms with E-state index in [-0.39, 0.29) is 11.9 Å². The molecule has 0 fully saturated rings. The molecule has 0 spiro atoms. The van der Waals surface area contributed by atoms with Gasteiger partial charge in [-0.1, -0.05) is 29.3 Å². The molecule has 0 saturated heterocycles. The minimum Gasteiger partial charge on any atom is -0.271 e. The number of halogens is 2. The van der Waals surface area contributed by atoms with E-state index in [1.54, 1.807) is 17.8 Å². The fraction of sp³-hybridized carbons (Fsp3) is 0.200. The van der Waals surface area contributed by atoms with Crippen LogP contribution in [0.2, 0.25) is 5.02 Å². The summed E-state index contributed by atoms with van der Waals surface area (Å²) in [5.41, 5.74) is 4.58. The molecule has 0 aliphatic rings. The van der Waals surface area contributed by atoms with Crippen molar-refractivity contribution in [2.45, 2.75) is 17.9 Å². The third-order valence-corrected chi connectivity index (χ3v) is 4.37. The van der Waals surface area contributed by atoms with Crippen molar-refractivity contribution < 1.29 is 4.39 Å². The Balaban J connectivity index is 2.11. The first-order valence-electron chi connectivity index (χ1n) is 6.20. The van der Waals surface area contributed by atoms with E-state index >= 15 is 0 Å². The van der Waals surface area contributed by atoms with Crippen molar-refractivity contribution in [3.8, 4) is 0 Å². The topological polar surface area (TPSA) is 38.0 Å². The summed E-state index contributed by atoms with van der Waals surface area (Å²) in [7, 11) is 0. The summed E-state index contributed by atoms with van der Waals surface area (Å²) in [5, 5.41) is 0.513. The average Bonchev–Trinajstić information content (AvgIpc) is 2.43. The molecule has 2 rings (SSSR count). The predicted octanol–water partition coefficient (Wildman–Crippen LogP) is 4.08. The molecule has 0 aliphatic carbocycles. The maximum Gasteiger partial charge on any atom is 0.123 e. The Labute approximate surface area is 127 Å². The molecule has 2 aromatic rings. The monoisotopic (exact) mass is 310 g/mol. The first kappa shape index (κ1) is 15.3. The highest BCUT2D eigenvalue weighted by Gasteiger charge is 2.14. The average molecular weight is 311 g/mol. The van der Waals surface area contributed by atoms with Gasteiger partial charge in [0.25, 0.3) is 0 Å². The van der Waals surface area contributed by atoms with Gasteiger partial charge in [0, 0.05) is 15.7 Å². The van der Waals surface area contributed by atoms with Gasteiger partial charge in [-0.25, -0.2) is 4.39 Å². The molecule has 0 amide bonds. The zero-order valence-electron chi connectivity index (χ0n) is 11.1. The molecule has 2 nitrogen and oxygen atoms in total. The molecule has 1 unspecified atom stereocenters. The molecule has 0 heterocycles. The van der Waals surface area contributed by atoms with Crippen LogP contribution >= 0.6 is 23.4 Å². The van der Waals surface area contributed by atoms with E-state index in [1.807, 2.05) is 25.1 Å². The van der Waals surface area contributed by atoms with Gasteiger partial charge in [0.2, 0.25) is 0 Å². The Morgan fingerprint density at radius 1 is 1.30 bits per heavy atom. The minimum atomic E-state index is -0.315. The van der Waals surface area contributed by atoms with Crippen molar-refractivity contribution in [3.63, 3.8) is 0 Å². The quantitative estimate of drug-likeness (QED) is 0.496. The highest BCUT2D eigenvalue weighted by Crippen LogP contribution is 2.29. The Kier molecular flexibility index (Phi) is 5.43. The molecule has 0 aromatic heterocycles. The SMILES string of the molecule is Cc1cccc(SCC(NN)c2cc(F)ccc2Cl)c1. The van der Waals surface area contributed by atoms with E-state index in [4.69, 9.17) is 17.4 Å². The molecular weight excluding hydrogens is 295 g/mol. The zero-order chi connectivity index (χ0) is 14.5. The highest BCUT2D eigenvalue weighted by molar-refractivity contribution is 7.99. The smallest absolute Gasteiger partial charge is 0.123 e. The van der Waals surface area contributed by atoms with Gasteiger partial charge < -0.3 is 0 Å². The molecule has 2 aromatic carbocycles. The summed E-state index contributed by atoms with van der Waals surface area (Å²) in [4.78, 5) is 1.15. The Morgan fingerprint density at radius 2 is 2.10 bits per heavy atom. The van der Waals surface area contributed by atoms with Gasteiger partial charge in [-0.05, 0) is 42.8 Å². The number of benzene rings is 2. The van der Waals surface area contributed by atoms with Gasteiger partial charge in [0.05, 0.1) is 6.04 Å². The van der Waals surface area contributed by atoms with Gasteiger partial charge in [-0.15, -0.1) is 11.8 Å². The lowest BCUT2D eigenvalue weighted by Gasteiger charge is -2.17. The molecule has 0 bridgehead atoms. The van der Waals surface area contributed by atoms with Gasteiger partial charge in [-0.3, -0.25) is 11.3 Å². The van der Waals surface area contributed by atoms with Crippen LogP contribution in [0.1, 0.15) is 17.2 Å². The van der Waals surface area contributed by atoms with Gasteiger partial charge in [0.1, 0.15) is 5.82 Å². The van der Waals surface area contributed by atoms with Crippen molar-refractivity contribution in [3.05, 3.63) is 64.4 Å². The van der Waals surface area contributed by atoms with Crippen LogP contribution < -0.4 is 11.3 Å². The van der Waals surface area contributed by atoms with Crippen molar-refractivity contribution in [1.29, 1.82) is 0 Å². The number of nitrogens with two attached hydrogens (primary N) is 1. The number of hydrogen-bond donors (Lipinski definition) is 2. The Morgan fingerprint density at radius 3 is 2.80 bits per heavy atom. The number of thioether (sulfide) groups is 1. The van der Waals surface area contributed by atoms with E-state index in [9.17, 15) is 4.39 Å². The van der Waals surface area contributed by atoms with Gasteiger partial charge >= 0.3 is 0 Å². The molecule has 1 atom stereocenters. The highest BCUT2D eigenvalue weighted by atomic mass is 35.5. The molecule has 106 valence electrons. The maximum atomic E-state index is 13.3. The summed E-state index contributed by atoms with van der Waals surface area (Å²) in [6.45, 7) is 2.05. The molecule has 0 saturated carbocycles. The lowest BCUT2D eigenvalue weighted by Crippen LogP contribution is -2.30. The van der Waals surface area contributed by atoms with Crippen LogP contribution in [0, 0.1) is 12.7 Å². The van der Waals surface area contributed by atoms with Crippen LogP contribution in [0.4, 0.5) is 4.39 Å². The van der Waals surface area contributed by atoms with Crippen LogP contribution in [-0.2, 0) is 0 Å². The number of hydrogen-bond acceptors (Lipinski definition) is 3. The van der Waals surface area contributed by atoms with E-state index in [2.05, 4.69) is 11.5 Å². The second-order valence-corrected chi connectivity index (χ2v) is 6.01. The predicted molar refractivity (Wildman–Crippen MR) is 83.4 cm³/mol. The fourth-order valence-electron chi connectivity index (χ4n) is 1.89. The second kappa shape index (κ2) is 7.09. The lowest BCUT2D eigenvalue weighted by atomic mass is 10.1. The summed E-state index contributed by atoms with van der Waals surface area (Å²) in [6, 6.07) is 12.3. The van der Waals surface area contributed by atoms with E-state index in [0.29, 0.717) is 16.3 Å². The molecule has 20 heavy (non-hydrogen) atoms. The number of hydrazine groups is 1. The number of nitrogens with one attached hydrogen (secondary N) is 1. The number of aryl methyl sites for hydroxylation is 1. The molecule has 5 heteroatoms. The molecule has 0 radical (unpaired) electrons. The maximum absolute atomic E-state index is 13.3. The van der Waals surface area contributed by atoms with Crippen molar-refractivity contribution in [2.24, 2.45) is 5.84 Å². The van der Waals surface area contributed by atoms with Gasteiger partial charge in [-0.2, -0.15) is 0 Å². The van der Waals surface area contributed by atoms with Crippen LogP contribution in [-0.4, -0.2) is 5.75 Å². The molecular formula is C15H16ClFN2S. The van der Waals surface area contributed by atoms with Crippen LogP contribution in [0.25, 0.3) is 0 Å². The van der Waals surface area contributed by atoms with E-state index in [1.165, 1.54) is 17.7 Å². The lowest BCUT2D eigenvalue weighted by molar-refractivity contribution is 0.591. The fourth-order valence-corrected chi connectivity index (χ4v) is 3.22. The molecule has 3 N–H and O–H groups in total. The Bertz CT molecular complexity index is 592. The first-order valence-corrected chi connectivity index (χ1v) is 7.57.